The van der Waals surface area contributed by atoms with Gasteiger partial charge in [-0.15, -0.1) is 0 Å². The summed E-state index contributed by atoms with van der Waals surface area (Å²) in [5, 5.41) is 8.39. The third-order valence-corrected chi connectivity index (χ3v) is 1.90. The van der Waals surface area contributed by atoms with Crippen molar-refractivity contribution in [2.24, 2.45) is 0 Å². The zero-order valence-corrected chi connectivity index (χ0v) is 7.32. The summed E-state index contributed by atoms with van der Waals surface area (Å²) in [5.41, 5.74) is 4.17. The SMILES string of the molecule is N#Cc1c(N)c(F)cc(Br)c1F. The van der Waals surface area contributed by atoms with Gasteiger partial charge in [-0.3, -0.25) is 0 Å². The second-order valence-electron chi connectivity index (χ2n) is 2.05. The molecule has 12 heavy (non-hydrogen) atoms. The standard InChI is InChI=1S/C7H3BrF2N2/c8-4-1-5(9)7(12)3(2-11)6(4)10/h1H,12H2. The maximum atomic E-state index is 12.9. The lowest BCUT2D eigenvalue weighted by Gasteiger charge is -2.01. The normalized spacial score (nSPS) is 9.50. The van der Waals surface area contributed by atoms with Crippen LogP contribution in [0.1, 0.15) is 5.56 Å². The van der Waals surface area contributed by atoms with Crippen LogP contribution < -0.4 is 5.73 Å². The minimum absolute atomic E-state index is 0.106. The molecule has 0 heterocycles. The van der Waals surface area contributed by atoms with Crippen LogP contribution in [0.2, 0.25) is 0 Å². The van der Waals surface area contributed by atoms with Crippen molar-refractivity contribution in [2.75, 3.05) is 5.73 Å². The minimum atomic E-state index is -0.837. The molecule has 1 aromatic rings. The van der Waals surface area contributed by atoms with Gasteiger partial charge in [0.25, 0.3) is 0 Å². The maximum absolute atomic E-state index is 12.9. The number of nitrogen functional groups attached to an aromatic ring is 1. The van der Waals surface area contributed by atoms with Crippen molar-refractivity contribution in [1.29, 1.82) is 5.26 Å². The summed E-state index contributed by atoms with van der Waals surface area (Å²) in [6.45, 7) is 0. The molecule has 0 fully saturated rings. The van der Waals surface area contributed by atoms with Crippen LogP contribution in [0.5, 0.6) is 0 Å². The van der Waals surface area contributed by atoms with Crippen molar-refractivity contribution in [2.45, 2.75) is 0 Å². The van der Waals surface area contributed by atoms with Crippen molar-refractivity contribution in [3.8, 4) is 6.07 Å². The first-order valence-corrected chi connectivity index (χ1v) is 3.70. The minimum Gasteiger partial charge on any atom is -0.395 e. The molecule has 0 aromatic heterocycles. The summed E-state index contributed by atoms with van der Waals surface area (Å²) in [6, 6.07) is 2.36. The van der Waals surface area contributed by atoms with Gasteiger partial charge in [-0.25, -0.2) is 8.78 Å². The molecule has 2 nitrogen and oxygen atoms in total. The molecule has 1 rings (SSSR count). The van der Waals surface area contributed by atoms with E-state index in [9.17, 15) is 8.78 Å². The Balaban J connectivity index is 3.56. The molecule has 62 valence electrons. The molecule has 0 bridgehead atoms. The molecule has 0 saturated carbocycles. The fraction of sp³-hybridized carbons (Fsp3) is 0. The summed E-state index contributed by atoms with van der Waals surface area (Å²) in [4.78, 5) is 0. The van der Waals surface area contributed by atoms with Gasteiger partial charge in [-0.1, -0.05) is 0 Å². The van der Waals surface area contributed by atoms with E-state index in [1.54, 1.807) is 0 Å². The molecule has 0 unspecified atom stereocenters. The monoisotopic (exact) mass is 232 g/mol. The zero-order valence-electron chi connectivity index (χ0n) is 5.74. The van der Waals surface area contributed by atoms with Crippen molar-refractivity contribution in [3.05, 3.63) is 27.7 Å². The van der Waals surface area contributed by atoms with Crippen LogP contribution in [0.25, 0.3) is 0 Å². The van der Waals surface area contributed by atoms with Crippen molar-refractivity contribution in [1.82, 2.24) is 0 Å². The average molecular weight is 233 g/mol. The first kappa shape index (κ1) is 8.94. The number of benzene rings is 1. The topological polar surface area (TPSA) is 49.8 Å². The largest absolute Gasteiger partial charge is 0.395 e. The summed E-state index contributed by atoms with van der Waals surface area (Å²) >= 11 is 2.75. The third kappa shape index (κ3) is 1.25. The van der Waals surface area contributed by atoms with Gasteiger partial charge in [-0.05, 0) is 22.0 Å². The number of anilines is 1. The van der Waals surface area contributed by atoms with E-state index < -0.39 is 22.9 Å². The van der Waals surface area contributed by atoms with Crippen LogP contribution in [-0.4, -0.2) is 0 Å². The Hall–Kier alpha value is -1.15. The lowest BCUT2D eigenvalue weighted by atomic mass is 10.2. The highest BCUT2D eigenvalue weighted by Gasteiger charge is 2.14. The number of hydrogen-bond acceptors (Lipinski definition) is 2. The lowest BCUT2D eigenvalue weighted by molar-refractivity contribution is 0.595. The smallest absolute Gasteiger partial charge is 0.157 e. The Morgan fingerprint density at radius 2 is 2.08 bits per heavy atom. The summed E-state index contributed by atoms with van der Waals surface area (Å²) < 4.78 is 25.6. The number of halogens is 3. The predicted molar refractivity (Wildman–Crippen MR) is 43.2 cm³/mol. The lowest BCUT2D eigenvalue weighted by Crippen LogP contribution is -1.98. The van der Waals surface area contributed by atoms with E-state index in [0.29, 0.717) is 0 Å². The van der Waals surface area contributed by atoms with E-state index in [0.717, 1.165) is 6.07 Å². The summed E-state index contributed by atoms with van der Waals surface area (Å²) in [7, 11) is 0. The van der Waals surface area contributed by atoms with Gasteiger partial charge in [0.05, 0.1) is 10.2 Å². The molecule has 0 spiro atoms. The number of hydrogen-bond donors (Lipinski definition) is 1. The van der Waals surface area contributed by atoms with E-state index >= 15 is 0 Å². The van der Waals surface area contributed by atoms with E-state index in [2.05, 4.69) is 15.9 Å². The van der Waals surface area contributed by atoms with Crippen LogP contribution in [0.3, 0.4) is 0 Å². The van der Waals surface area contributed by atoms with Crippen LogP contribution in [-0.2, 0) is 0 Å². The molecule has 1 aromatic carbocycles. The molecule has 0 aliphatic heterocycles. The average Bonchev–Trinajstić information content (AvgIpc) is 2.02. The van der Waals surface area contributed by atoms with Gasteiger partial charge in [0.2, 0.25) is 0 Å². The quantitative estimate of drug-likeness (QED) is 0.551. The number of nitrogens with zero attached hydrogens (tertiary/aromatic N) is 1. The highest BCUT2D eigenvalue weighted by molar-refractivity contribution is 9.10. The predicted octanol–water partition coefficient (Wildman–Crippen LogP) is 2.18. The van der Waals surface area contributed by atoms with Crippen LogP contribution in [0, 0.1) is 23.0 Å². The molecular weight excluding hydrogens is 230 g/mol. The van der Waals surface area contributed by atoms with Gasteiger partial charge in [0.1, 0.15) is 17.4 Å². The molecule has 0 aliphatic rings. The maximum Gasteiger partial charge on any atom is 0.157 e. The van der Waals surface area contributed by atoms with Gasteiger partial charge in [0, 0.05) is 0 Å². The Kier molecular flexibility index (Phi) is 2.29. The molecular formula is C7H3BrF2N2. The second kappa shape index (κ2) is 3.07. The Morgan fingerprint density at radius 1 is 1.50 bits per heavy atom. The Morgan fingerprint density at radius 3 is 2.58 bits per heavy atom. The number of nitrogens with two attached hydrogens (primary N) is 1. The van der Waals surface area contributed by atoms with Gasteiger partial charge < -0.3 is 5.73 Å². The molecule has 2 N–H and O–H groups in total. The van der Waals surface area contributed by atoms with Crippen LogP contribution in [0.4, 0.5) is 14.5 Å². The van der Waals surface area contributed by atoms with Crippen molar-refractivity contribution < 1.29 is 8.78 Å². The van der Waals surface area contributed by atoms with Crippen LogP contribution >= 0.6 is 15.9 Å². The first-order valence-electron chi connectivity index (χ1n) is 2.91. The molecule has 0 aliphatic carbocycles. The van der Waals surface area contributed by atoms with Gasteiger partial charge in [-0.2, -0.15) is 5.26 Å². The first-order chi connectivity index (χ1) is 5.57. The zero-order chi connectivity index (χ0) is 9.30. The highest BCUT2D eigenvalue weighted by Crippen LogP contribution is 2.26. The molecule has 0 saturated heterocycles. The molecule has 0 amide bonds. The van der Waals surface area contributed by atoms with E-state index in [-0.39, 0.29) is 4.47 Å². The van der Waals surface area contributed by atoms with E-state index in [4.69, 9.17) is 11.0 Å². The summed E-state index contributed by atoms with van der Waals surface area (Å²) in [5.74, 6) is -1.64. The molecule has 0 atom stereocenters. The molecule has 5 heteroatoms. The Bertz CT molecular complexity index is 344. The highest BCUT2D eigenvalue weighted by atomic mass is 79.9. The van der Waals surface area contributed by atoms with Gasteiger partial charge in [0.15, 0.2) is 5.82 Å². The van der Waals surface area contributed by atoms with Crippen LogP contribution in [0.15, 0.2) is 10.5 Å². The Labute approximate surface area is 75.7 Å². The van der Waals surface area contributed by atoms with Crippen molar-refractivity contribution in [3.63, 3.8) is 0 Å². The fourth-order valence-corrected chi connectivity index (χ4v) is 1.12. The third-order valence-electron chi connectivity index (χ3n) is 1.32. The second-order valence-corrected chi connectivity index (χ2v) is 2.91. The van der Waals surface area contributed by atoms with Gasteiger partial charge >= 0.3 is 0 Å². The number of rotatable bonds is 0. The number of nitriles is 1. The summed E-state index contributed by atoms with van der Waals surface area (Å²) in [6.07, 6.45) is 0. The fourth-order valence-electron chi connectivity index (χ4n) is 0.719. The van der Waals surface area contributed by atoms with Crippen molar-refractivity contribution >= 4 is 21.6 Å². The van der Waals surface area contributed by atoms with E-state index in [1.165, 1.54) is 6.07 Å². The van der Waals surface area contributed by atoms with E-state index in [1.807, 2.05) is 0 Å². The molecule has 0 radical (unpaired) electrons.